The van der Waals surface area contributed by atoms with Gasteiger partial charge in [-0.2, -0.15) is 0 Å². The van der Waals surface area contributed by atoms with E-state index in [0.717, 1.165) is 5.56 Å². The molecule has 1 aromatic carbocycles. The smallest absolute Gasteiger partial charge is 0.261 e. The first-order valence-corrected chi connectivity index (χ1v) is 5.42. The number of amides is 2. The molecule has 0 spiro atoms. The summed E-state index contributed by atoms with van der Waals surface area (Å²) in [6.07, 6.45) is 1.54. The van der Waals surface area contributed by atoms with Gasteiger partial charge in [-0.1, -0.05) is 12.1 Å². The summed E-state index contributed by atoms with van der Waals surface area (Å²) < 4.78 is 0. The average Bonchev–Trinajstić information content (AvgIpc) is 2.32. The van der Waals surface area contributed by atoms with Crippen LogP contribution in [0.2, 0.25) is 0 Å². The Hall–Kier alpha value is -2.10. The predicted octanol–water partition coefficient (Wildman–Crippen LogP) is 1.54. The molecule has 1 aromatic rings. The maximum atomic E-state index is 12.1. The number of benzene rings is 1. The fraction of sp³-hybridized carbons (Fsp3) is 0.231. The molecule has 1 aliphatic rings. The van der Waals surface area contributed by atoms with Crippen LogP contribution in [0.3, 0.4) is 0 Å². The Kier molecular flexibility index (Phi) is 2.71. The lowest BCUT2D eigenvalue weighted by Crippen LogP contribution is -2.44. The standard InChI is InChI=1S/C13H14N2O2/c1-3-6-15-12(16)8(2)10-5-4-9(14)7-11(10)13(15)17/h3-5,7-8H,1,6,14H2,2H3. The van der Waals surface area contributed by atoms with Crippen LogP contribution in [-0.2, 0) is 4.79 Å². The highest BCUT2D eigenvalue weighted by molar-refractivity contribution is 6.11. The molecule has 0 saturated carbocycles. The maximum Gasteiger partial charge on any atom is 0.261 e. The summed E-state index contributed by atoms with van der Waals surface area (Å²) in [4.78, 5) is 25.3. The van der Waals surface area contributed by atoms with Crippen LogP contribution < -0.4 is 5.73 Å². The molecule has 2 amide bonds. The normalized spacial score (nSPS) is 19.1. The van der Waals surface area contributed by atoms with Crippen LogP contribution in [0.25, 0.3) is 0 Å². The zero-order chi connectivity index (χ0) is 12.6. The molecule has 4 heteroatoms. The van der Waals surface area contributed by atoms with Gasteiger partial charge in [-0.3, -0.25) is 14.5 Å². The van der Waals surface area contributed by atoms with Crippen molar-refractivity contribution >= 4 is 17.5 Å². The third-order valence-corrected chi connectivity index (χ3v) is 2.97. The Balaban J connectivity index is 2.55. The van der Waals surface area contributed by atoms with Gasteiger partial charge in [-0.25, -0.2) is 0 Å². The van der Waals surface area contributed by atoms with Gasteiger partial charge >= 0.3 is 0 Å². The van der Waals surface area contributed by atoms with Gasteiger partial charge in [0.05, 0.1) is 5.92 Å². The Morgan fingerprint density at radius 3 is 2.82 bits per heavy atom. The van der Waals surface area contributed by atoms with E-state index in [2.05, 4.69) is 6.58 Å². The van der Waals surface area contributed by atoms with Crippen molar-refractivity contribution in [2.45, 2.75) is 12.8 Å². The number of carbonyl (C=O) groups is 2. The summed E-state index contributed by atoms with van der Waals surface area (Å²) in [5.74, 6) is -0.800. The van der Waals surface area contributed by atoms with Crippen molar-refractivity contribution in [1.82, 2.24) is 4.90 Å². The van der Waals surface area contributed by atoms with Crippen molar-refractivity contribution in [3.8, 4) is 0 Å². The van der Waals surface area contributed by atoms with E-state index < -0.39 is 0 Å². The van der Waals surface area contributed by atoms with Gasteiger partial charge in [-0.15, -0.1) is 6.58 Å². The highest BCUT2D eigenvalue weighted by Crippen LogP contribution is 2.30. The summed E-state index contributed by atoms with van der Waals surface area (Å²) in [6.45, 7) is 5.58. The van der Waals surface area contributed by atoms with Crippen LogP contribution >= 0.6 is 0 Å². The molecule has 0 radical (unpaired) electrons. The SMILES string of the molecule is C=CCN1C(=O)c2cc(N)ccc2C(C)C1=O. The number of nitrogens with two attached hydrogens (primary N) is 1. The molecule has 4 nitrogen and oxygen atoms in total. The molecule has 0 aliphatic carbocycles. The summed E-state index contributed by atoms with van der Waals surface area (Å²) >= 11 is 0. The van der Waals surface area contributed by atoms with E-state index >= 15 is 0 Å². The van der Waals surface area contributed by atoms with Crippen molar-refractivity contribution in [3.05, 3.63) is 42.0 Å². The van der Waals surface area contributed by atoms with Gasteiger partial charge in [0.25, 0.3) is 5.91 Å². The van der Waals surface area contributed by atoms with Crippen LogP contribution in [0.15, 0.2) is 30.9 Å². The van der Waals surface area contributed by atoms with Crippen LogP contribution in [-0.4, -0.2) is 23.3 Å². The van der Waals surface area contributed by atoms with E-state index in [1.807, 2.05) is 0 Å². The number of nitrogen functional groups attached to an aromatic ring is 1. The lowest BCUT2D eigenvalue weighted by Gasteiger charge is -2.30. The number of hydrogen-bond donors (Lipinski definition) is 1. The van der Waals surface area contributed by atoms with Crippen molar-refractivity contribution in [2.24, 2.45) is 0 Å². The lowest BCUT2D eigenvalue weighted by atomic mass is 9.89. The van der Waals surface area contributed by atoms with Gasteiger partial charge in [0, 0.05) is 17.8 Å². The fourth-order valence-electron chi connectivity index (χ4n) is 2.05. The van der Waals surface area contributed by atoms with Crippen LogP contribution in [0.5, 0.6) is 0 Å². The minimum atomic E-state index is -0.316. The molecule has 1 aliphatic heterocycles. The number of anilines is 1. The number of carbonyl (C=O) groups excluding carboxylic acids is 2. The Bertz CT molecular complexity index is 508. The average molecular weight is 230 g/mol. The summed E-state index contributed by atoms with van der Waals surface area (Å²) in [6, 6.07) is 5.08. The molecule has 2 N–H and O–H groups in total. The van der Waals surface area contributed by atoms with Crippen molar-refractivity contribution in [1.29, 1.82) is 0 Å². The Morgan fingerprint density at radius 1 is 1.47 bits per heavy atom. The van der Waals surface area contributed by atoms with E-state index in [9.17, 15) is 9.59 Å². The second kappa shape index (κ2) is 4.05. The largest absolute Gasteiger partial charge is 0.399 e. The quantitative estimate of drug-likeness (QED) is 0.476. The fourth-order valence-corrected chi connectivity index (χ4v) is 2.05. The first-order valence-electron chi connectivity index (χ1n) is 5.42. The Morgan fingerprint density at radius 2 is 2.18 bits per heavy atom. The number of imide groups is 1. The summed E-state index contributed by atoms with van der Waals surface area (Å²) in [7, 11) is 0. The van der Waals surface area contributed by atoms with Gasteiger partial charge in [0.1, 0.15) is 0 Å². The summed E-state index contributed by atoms with van der Waals surface area (Å²) in [5, 5.41) is 0. The van der Waals surface area contributed by atoms with Gasteiger partial charge in [0.2, 0.25) is 5.91 Å². The van der Waals surface area contributed by atoms with E-state index in [1.165, 1.54) is 4.90 Å². The lowest BCUT2D eigenvalue weighted by molar-refractivity contribution is -0.129. The molecular formula is C13H14N2O2. The third-order valence-electron chi connectivity index (χ3n) is 2.97. The van der Waals surface area contributed by atoms with Gasteiger partial charge in [-0.05, 0) is 24.6 Å². The van der Waals surface area contributed by atoms with Crippen LogP contribution in [0, 0.1) is 0 Å². The predicted molar refractivity (Wildman–Crippen MR) is 65.5 cm³/mol. The number of nitrogens with zero attached hydrogens (tertiary/aromatic N) is 1. The van der Waals surface area contributed by atoms with Crippen molar-refractivity contribution in [2.75, 3.05) is 12.3 Å². The van der Waals surface area contributed by atoms with Crippen LogP contribution in [0.1, 0.15) is 28.8 Å². The molecule has 0 aromatic heterocycles. The van der Waals surface area contributed by atoms with Crippen molar-refractivity contribution in [3.63, 3.8) is 0 Å². The first-order chi connectivity index (χ1) is 8.06. The molecule has 17 heavy (non-hydrogen) atoms. The second-order valence-corrected chi connectivity index (χ2v) is 4.11. The summed E-state index contributed by atoms with van der Waals surface area (Å²) in [5.41, 5.74) is 7.45. The molecule has 0 fully saturated rings. The highest BCUT2D eigenvalue weighted by atomic mass is 16.2. The third kappa shape index (κ3) is 1.71. The number of fused-ring (bicyclic) bond motifs is 1. The topological polar surface area (TPSA) is 63.4 Å². The zero-order valence-corrected chi connectivity index (χ0v) is 9.64. The molecule has 1 unspecified atom stereocenters. The maximum absolute atomic E-state index is 12.1. The number of hydrogen-bond acceptors (Lipinski definition) is 3. The van der Waals surface area contributed by atoms with E-state index in [0.29, 0.717) is 11.3 Å². The Labute approximate surface area is 99.7 Å². The molecule has 0 saturated heterocycles. The molecule has 1 atom stereocenters. The van der Waals surface area contributed by atoms with Crippen molar-refractivity contribution < 1.29 is 9.59 Å². The monoisotopic (exact) mass is 230 g/mol. The van der Waals surface area contributed by atoms with Gasteiger partial charge in [0.15, 0.2) is 0 Å². The zero-order valence-electron chi connectivity index (χ0n) is 9.64. The van der Waals surface area contributed by atoms with Gasteiger partial charge < -0.3 is 5.73 Å². The van der Waals surface area contributed by atoms with Crippen LogP contribution in [0.4, 0.5) is 5.69 Å². The highest BCUT2D eigenvalue weighted by Gasteiger charge is 2.35. The molecular weight excluding hydrogens is 216 g/mol. The van der Waals surface area contributed by atoms with E-state index in [-0.39, 0.29) is 24.3 Å². The molecule has 2 rings (SSSR count). The number of rotatable bonds is 2. The van der Waals surface area contributed by atoms with E-state index in [1.54, 1.807) is 31.2 Å². The molecule has 1 heterocycles. The minimum Gasteiger partial charge on any atom is -0.399 e. The second-order valence-electron chi connectivity index (χ2n) is 4.11. The molecule has 88 valence electrons. The first kappa shape index (κ1) is 11.4. The van der Waals surface area contributed by atoms with E-state index in [4.69, 9.17) is 5.73 Å². The minimum absolute atomic E-state index is 0.188. The molecule has 0 bridgehead atoms.